The van der Waals surface area contributed by atoms with Gasteiger partial charge in [0.15, 0.2) is 0 Å². The Balaban J connectivity index is 0.00000320. The van der Waals surface area contributed by atoms with Crippen LogP contribution in [-0.2, 0) is 0 Å². The van der Waals surface area contributed by atoms with Gasteiger partial charge < -0.3 is 4.90 Å². The molecule has 1 aromatic heterocycles. The molecule has 0 atom stereocenters. The third-order valence-corrected chi connectivity index (χ3v) is 6.01. The number of aromatic nitrogens is 1. The lowest BCUT2D eigenvalue weighted by molar-refractivity contribution is -0.387. The number of hydrogen-bond donors (Lipinski definition) is 0. The van der Waals surface area contributed by atoms with Gasteiger partial charge in [0.25, 0.3) is 11.6 Å². The van der Waals surface area contributed by atoms with Gasteiger partial charge in [-0.3, -0.25) is 14.9 Å². The van der Waals surface area contributed by atoms with Crippen LogP contribution < -0.4 is 0 Å². The second-order valence-corrected chi connectivity index (χ2v) is 7.97. The van der Waals surface area contributed by atoms with Gasteiger partial charge in [0.1, 0.15) is 5.03 Å². The Morgan fingerprint density at radius 3 is 2.67 bits per heavy atom. The highest BCUT2D eigenvalue weighted by atomic mass is 35.5. The van der Waals surface area contributed by atoms with Crippen molar-refractivity contribution in [2.45, 2.75) is 54.5 Å². The van der Waals surface area contributed by atoms with Crippen molar-refractivity contribution < 1.29 is 9.72 Å². The van der Waals surface area contributed by atoms with Crippen molar-refractivity contribution in [3.8, 4) is 6.07 Å². The summed E-state index contributed by atoms with van der Waals surface area (Å²) in [5.74, 6) is -0.246. The number of nitriles is 1. The van der Waals surface area contributed by atoms with Crippen LogP contribution in [0.15, 0.2) is 52.5 Å². The molecule has 1 saturated carbocycles. The van der Waals surface area contributed by atoms with E-state index in [1.807, 2.05) is 6.07 Å². The molecule has 0 saturated heterocycles. The first-order valence-electron chi connectivity index (χ1n) is 9.65. The average molecular weight is 447 g/mol. The molecule has 2 aromatic rings. The molecule has 1 aliphatic carbocycles. The van der Waals surface area contributed by atoms with Gasteiger partial charge in [-0.2, -0.15) is 5.26 Å². The van der Waals surface area contributed by atoms with Gasteiger partial charge in [-0.15, -0.1) is 12.4 Å². The number of rotatable bonds is 7. The second kappa shape index (κ2) is 11.5. The van der Waals surface area contributed by atoms with E-state index in [2.05, 4.69) is 11.1 Å². The van der Waals surface area contributed by atoms with Crippen molar-refractivity contribution in [3.05, 3.63) is 58.3 Å². The van der Waals surface area contributed by atoms with Crippen molar-refractivity contribution >= 4 is 35.8 Å². The van der Waals surface area contributed by atoms with E-state index in [0.717, 1.165) is 32.1 Å². The molecular weight excluding hydrogens is 424 g/mol. The Hall–Kier alpha value is -2.63. The van der Waals surface area contributed by atoms with Crippen LogP contribution in [-0.4, -0.2) is 33.3 Å². The number of halogens is 1. The van der Waals surface area contributed by atoms with Crippen LogP contribution in [0.4, 0.5) is 5.69 Å². The quantitative estimate of drug-likeness (QED) is 0.425. The first-order chi connectivity index (χ1) is 14.1. The van der Waals surface area contributed by atoms with E-state index in [-0.39, 0.29) is 42.0 Å². The predicted molar refractivity (Wildman–Crippen MR) is 117 cm³/mol. The second-order valence-electron chi connectivity index (χ2n) is 6.91. The van der Waals surface area contributed by atoms with Gasteiger partial charge in [0.05, 0.1) is 22.3 Å². The highest BCUT2D eigenvalue weighted by Gasteiger charge is 2.28. The van der Waals surface area contributed by atoms with Crippen molar-refractivity contribution in [3.63, 3.8) is 0 Å². The maximum absolute atomic E-state index is 13.2. The van der Waals surface area contributed by atoms with Gasteiger partial charge >= 0.3 is 0 Å². The van der Waals surface area contributed by atoms with Crippen LogP contribution in [0.25, 0.3) is 0 Å². The Morgan fingerprint density at radius 1 is 1.27 bits per heavy atom. The molecule has 1 aromatic carbocycles. The lowest BCUT2D eigenvalue weighted by Crippen LogP contribution is -2.42. The fourth-order valence-electron chi connectivity index (χ4n) is 3.58. The lowest BCUT2D eigenvalue weighted by Gasteiger charge is -2.34. The van der Waals surface area contributed by atoms with Crippen LogP contribution >= 0.6 is 24.2 Å². The van der Waals surface area contributed by atoms with Crippen molar-refractivity contribution in [1.82, 2.24) is 9.88 Å². The minimum atomic E-state index is -0.470. The van der Waals surface area contributed by atoms with Gasteiger partial charge in [-0.25, -0.2) is 4.98 Å². The number of hydrogen-bond acceptors (Lipinski definition) is 6. The molecule has 0 N–H and O–H groups in total. The molecule has 9 heteroatoms. The minimum absolute atomic E-state index is 0. The van der Waals surface area contributed by atoms with Crippen LogP contribution in [0, 0.1) is 21.4 Å². The van der Waals surface area contributed by atoms with Crippen molar-refractivity contribution in [1.29, 1.82) is 5.26 Å². The topological polar surface area (TPSA) is 100 Å². The molecule has 30 heavy (non-hydrogen) atoms. The zero-order valence-corrected chi connectivity index (χ0v) is 18.0. The summed E-state index contributed by atoms with van der Waals surface area (Å²) in [6.45, 7) is 0.345. The van der Waals surface area contributed by atoms with Gasteiger partial charge in [0, 0.05) is 30.4 Å². The van der Waals surface area contributed by atoms with Crippen LogP contribution in [0.2, 0.25) is 0 Å². The zero-order chi connectivity index (χ0) is 20.6. The lowest BCUT2D eigenvalue weighted by atomic mass is 9.93. The molecule has 7 nitrogen and oxygen atoms in total. The smallest absolute Gasteiger partial charge is 0.284 e. The summed E-state index contributed by atoms with van der Waals surface area (Å²) in [5, 5.41) is 21.3. The third kappa shape index (κ3) is 5.94. The van der Waals surface area contributed by atoms with E-state index in [4.69, 9.17) is 5.26 Å². The summed E-state index contributed by atoms with van der Waals surface area (Å²) in [4.78, 5) is 30.7. The monoisotopic (exact) mass is 446 g/mol. The summed E-state index contributed by atoms with van der Waals surface area (Å²) in [7, 11) is 0. The first-order valence-corrected chi connectivity index (χ1v) is 10.5. The molecule has 0 aliphatic heterocycles. The van der Waals surface area contributed by atoms with Crippen molar-refractivity contribution in [2.75, 3.05) is 6.54 Å². The summed E-state index contributed by atoms with van der Waals surface area (Å²) in [6, 6.07) is 12.1. The highest BCUT2D eigenvalue weighted by Crippen LogP contribution is 2.35. The standard InChI is InChI=1S/C21H22N4O3S.ClH/c22-12-6-14-24(17-7-2-1-3-8-17)21(26)16-10-11-19(18(15-16)25(27)28)29-20-9-4-5-13-23-20;/h4-5,9-11,13,15,17H,1-3,6-8,14H2;1H. The fourth-order valence-corrected chi connectivity index (χ4v) is 4.44. The predicted octanol–water partition coefficient (Wildman–Crippen LogP) is 5.25. The average Bonchev–Trinajstić information content (AvgIpc) is 2.75. The summed E-state index contributed by atoms with van der Waals surface area (Å²) >= 11 is 1.19. The number of nitro benzene ring substituents is 1. The van der Waals surface area contributed by atoms with E-state index in [1.54, 1.807) is 35.4 Å². The number of pyridine rings is 1. The van der Waals surface area contributed by atoms with Gasteiger partial charge in [-0.1, -0.05) is 37.1 Å². The number of carbonyl (C=O) groups excluding carboxylic acids is 1. The van der Waals surface area contributed by atoms with Crippen LogP contribution in [0.3, 0.4) is 0 Å². The minimum Gasteiger partial charge on any atom is -0.335 e. The van der Waals surface area contributed by atoms with Crippen molar-refractivity contribution in [2.24, 2.45) is 0 Å². The molecule has 158 valence electrons. The molecule has 1 amide bonds. The molecule has 0 spiro atoms. The Labute approximate surface area is 186 Å². The van der Waals surface area contributed by atoms with Crippen LogP contribution in [0.1, 0.15) is 48.9 Å². The number of nitrogens with zero attached hydrogens (tertiary/aromatic N) is 4. The highest BCUT2D eigenvalue weighted by molar-refractivity contribution is 7.99. The molecule has 0 unspecified atom stereocenters. The van der Waals surface area contributed by atoms with E-state index in [0.29, 0.717) is 16.5 Å². The third-order valence-electron chi connectivity index (χ3n) is 5.00. The molecule has 1 aliphatic rings. The number of nitro groups is 1. The maximum Gasteiger partial charge on any atom is 0.284 e. The number of benzene rings is 1. The van der Waals surface area contributed by atoms with Gasteiger partial charge in [0.2, 0.25) is 0 Å². The van der Waals surface area contributed by atoms with E-state index < -0.39 is 4.92 Å². The SMILES string of the molecule is Cl.N#CCCN(C(=O)c1ccc(Sc2ccccn2)c([N+](=O)[O-])c1)C1CCCCC1. The van der Waals surface area contributed by atoms with E-state index in [9.17, 15) is 14.9 Å². The first kappa shape index (κ1) is 23.6. The Bertz CT molecular complexity index is 914. The molecular formula is C21H23ClN4O3S. The number of carbonyl (C=O) groups is 1. The van der Waals surface area contributed by atoms with Crippen LogP contribution in [0.5, 0.6) is 0 Å². The van der Waals surface area contributed by atoms with E-state index in [1.165, 1.54) is 17.8 Å². The molecule has 0 bridgehead atoms. The molecule has 0 radical (unpaired) electrons. The Morgan fingerprint density at radius 2 is 2.03 bits per heavy atom. The number of amides is 1. The molecule has 1 heterocycles. The summed E-state index contributed by atoms with van der Waals surface area (Å²) < 4.78 is 0. The molecule has 1 fully saturated rings. The molecule has 3 rings (SSSR count). The van der Waals surface area contributed by atoms with Gasteiger partial charge in [-0.05, 0) is 37.1 Å². The fraction of sp³-hybridized carbons (Fsp3) is 0.381. The van der Waals surface area contributed by atoms with E-state index >= 15 is 0 Å². The normalized spacial score (nSPS) is 13.7. The Kier molecular flexibility index (Phi) is 9.09. The summed E-state index contributed by atoms with van der Waals surface area (Å²) in [6.07, 6.45) is 6.96. The zero-order valence-electron chi connectivity index (χ0n) is 16.4. The maximum atomic E-state index is 13.2. The largest absolute Gasteiger partial charge is 0.335 e. The summed E-state index contributed by atoms with van der Waals surface area (Å²) in [5.41, 5.74) is 0.168.